The summed E-state index contributed by atoms with van der Waals surface area (Å²) in [7, 11) is 0. The van der Waals surface area contributed by atoms with Crippen LogP contribution in [0.15, 0.2) is 12.3 Å². The molecule has 0 radical (unpaired) electrons. The van der Waals surface area contributed by atoms with Crippen molar-refractivity contribution in [3.8, 4) is 0 Å². The van der Waals surface area contributed by atoms with E-state index < -0.39 is 0 Å². The fourth-order valence-electron chi connectivity index (χ4n) is 6.17. The summed E-state index contributed by atoms with van der Waals surface area (Å²) in [5, 5.41) is 4.37. The number of ketones is 1. The third kappa shape index (κ3) is 2.00. The number of aryl methyl sites for hydroxylation is 1. The average molecular weight is 286 g/mol. The van der Waals surface area contributed by atoms with Crippen molar-refractivity contribution >= 4 is 5.78 Å². The number of carbonyl (C=O) groups is 1. The molecule has 21 heavy (non-hydrogen) atoms. The Balaban J connectivity index is 1.69. The summed E-state index contributed by atoms with van der Waals surface area (Å²) in [4.78, 5) is 13.3. The average Bonchev–Trinajstić information content (AvgIpc) is 2.83. The Morgan fingerprint density at radius 2 is 2.05 bits per heavy atom. The highest BCUT2D eigenvalue weighted by Crippen LogP contribution is 2.65. The van der Waals surface area contributed by atoms with Crippen molar-refractivity contribution in [2.24, 2.45) is 22.7 Å². The Kier molecular flexibility index (Phi) is 2.86. The molecular weight excluding hydrogens is 260 g/mol. The first-order chi connectivity index (χ1) is 10.0. The van der Waals surface area contributed by atoms with Gasteiger partial charge in [-0.2, -0.15) is 5.10 Å². The Labute approximate surface area is 127 Å². The van der Waals surface area contributed by atoms with Crippen molar-refractivity contribution in [3.63, 3.8) is 0 Å². The lowest BCUT2D eigenvalue weighted by atomic mass is 9.43. The lowest BCUT2D eigenvalue weighted by Crippen LogP contribution is -2.54. The first-order valence-electron chi connectivity index (χ1n) is 8.60. The predicted octanol–water partition coefficient (Wildman–Crippen LogP) is 4.08. The van der Waals surface area contributed by atoms with Crippen LogP contribution < -0.4 is 0 Å². The molecule has 1 heterocycles. The molecular formula is C18H26N2O. The highest BCUT2D eigenvalue weighted by Gasteiger charge is 2.59. The van der Waals surface area contributed by atoms with Crippen molar-refractivity contribution in [1.29, 1.82) is 0 Å². The summed E-state index contributed by atoms with van der Waals surface area (Å²) < 4.78 is 1.93. The maximum Gasteiger partial charge on any atom is 0.187 e. The number of Topliss-reactive ketones (excluding diaryl/α,β-unsaturated/α-hetero) is 1. The van der Waals surface area contributed by atoms with Gasteiger partial charge in [-0.05, 0) is 68.3 Å². The maximum absolute atomic E-state index is 13.3. The molecule has 4 aliphatic rings. The lowest BCUT2D eigenvalue weighted by molar-refractivity contribution is -0.0823. The molecule has 4 saturated carbocycles. The standard InChI is InChI=1S/C18H26N2O/c1-3-6-20-15(4-5-19-20)16(21)18-10-13-7-14(11-18)9-17(2,8-13)12-18/h4-5,13-14H,3,6-12H2,1-2H3. The maximum atomic E-state index is 13.3. The smallest absolute Gasteiger partial charge is 0.187 e. The fraction of sp³-hybridized carbons (Fsp3) is 0.778. The van der Waals surface area contributed by atoms with Gasteiger partial charge in [-0.1, -0.05) is 13.8 Å². The molecule has 4 bridgehead atoms. The van der Waals surface area contributed by atoms with Crippen LogP contribution in [0.2, 0.25) is 0 Å². The first kappa shape index (κ1) is 13.5. The topological polar surface area (TPSA) is 34.9 Å². The second-order valence-corrected chi connectivity index (χ2v) is 8.32. The van der Waals surface area contributed by atoms with Gasteiger partial charge in [-0.25, -0.2) is 0 Å². The van der Waals surface area contributed by atoms with Crippen molar-refractivity contribution in [2.45, 2.75) is 65.3 Å². The third-order valence-electron chi connectivity index (χ3n) is 6.22. The van der Waals surface area contributed by atoms with Crippen LogP contribution in [-0.4, -0.2) is 15.6 Å². The molecule has 3 nitrogen and oxygen atoms in total. The number of hydrogen-bond donors (Lipinski definition) is 0. The van der Waals surface area contributed by atoms with E-state index in [1.807, 2.05) is 10.7 Å². The van der Waals surface area contributed by atoms with Crippen molar-refractivity contribution < 1.29 is 4.79 Å². The van der Waals surface area contributed by atoms with Crippen LogP contribution in [0.5, 0.6) is 0 Å². The molecule has 114 valence electrons. The highest BCUT2D eigenvalue weighted by atomic mass is 16.1. The number of nitrogens with zero attached hydrogens (tertiary/aromatic N) is 2. The van der Waals surface area contributed by atoms with Gasteiger partial charge >= 0.3 is 0 Å². The second-order valence-electron chi connectivity index (χ2n) is 8.32. The summed E-state index contributed by atoms with van der Waals surface area (Å²) in [6.07, 6.45) is 10.3. The van der Waals surface area contributed by atoms with Gasteiger partial charge in [0.1, 0.15) is 5.69 Å². The van der Waals surface area contributed by atoms with E-state index in [4.69, 9.17) is 0 Å². The van der Waals surface area contributed by atoms with E-state index in [1.165, 1.54) is 19.3 Å². The van der Waals surface area contributed by atoms with Gasteiger partial charge in [-0.15, -0.1) is 0 Å². The third-order valence-corrected chi connectivity index (χ3v) is 6.22. The summed E-state index contributed by atoms with van der Waals surface area (Å²) in [5.74, 6) is 1.99. The molecule has 0 aromatic carbocycles. The van der Waals surface area contributed by atoms with Crippen molar-refractivity contribution in [3.05, 3.63) is 18.0 Å². The SMILES string of the molecule is CCCn1nccc1C(=O)C12CC3CC(CC(C)(C3)C1)C2. The molecule has 4 aliphatic carbocycles. The van der Waals surface area contributed by atoms with Crippen molar-refractivity contribution in [2.75, 3.05) is 0 Å². The van der Waals surface area contributed by atoms with E-state index in [9.17, 15) is 4.79 Å². The molecule has 1 aromatic rings. The number of rotatable bonds is 4. The Morgan fingerprint density at radius 3 is 2.67 bits per heavy atom. The zero-order valence-corrected chi connectivity index (χ0v) is 13.3. The van der Waals surface area contributed by atoms with E-state index in [-0.39, 0.29) is 5.41 Å². The molecule has 2 unspecified atom stereocenters. The van der Waals surface area contributed by atoms with E-state index in [0.29, 0.717) is 11.2 Å². The molecule has 3 heteroatoms. The van der Waals surface area contributed by atoms with Crippen LogP contribution in [0, 0.1) is 22.7 Å². The normalized spacial score (nSPS) is 40.7. The van der Waals surface area contributed by atoms with Crippen LogP contribution >= 0.6 is 0 Å². The van der Waals surface area contributed by atoms with E-state index >= 15 is 0 Å². The molecule has 0 N–H and O–H groups in total. The van der Waals surface area contributed by atoms with Crippen LogP contribution in [0.4, 0.5) is 0 Å². The zero-order valence-electron chi connectivity index (χ0n) is 13.3. The monoisotopic (exact) mass is 286 g/mol. The predicted molar refractivity (Wildman–Crippen MR) is 82.1 cm³/mol. The summed E-state index contributed by atoms with van der Waals surface area (Å²) in [5.41, 5.74) is 1.22. The van der Waals surface area contributed by atoms with E-state index in [1.54, 1.807) is 6.20 Å². The molecule has 0 aliphatic heterocycles. The van der Waals surface area contributed by atoms with Crippen LogP contribution in [0.25, 0.3) is 0 Å². The van der Waals surface area contributed by atoms with Crippen LogP contribution in [0.3, 0.4) is 0 Å². The zero-order chi connectivity index (χ0) is 14.7. The largest absolute Gasteiger partial charge is 0.292 e. The summed E-state index contributed by atoms with van der Waals surface area (Å²) in [6.45, 7) is 5.42. The Hall–Kier alpha value is -1.12. The Bertz CT molecular complexity index is 560. The molecule has 0 saturated heterocycles. The van der Waals surface area contributed by atoms with Gasteiger partial charge in [-0.3, -0.25) is 9.48 Å². The highest BCUT2D eigenvalue weighted by molar-refractivity contribution is 5.99. The van der Waals surface area contributed by atoms with Gasteiger partial charge in [0, 0.05) is 18.2 Å². The quantitative estimate of drug-likeness (QED) is 0.782. The minimum Gasteiger partial charge on any atom is -0.292 e. The molecule has 1 aromatic heterocycles. The molecule has 4 fully saturated rings. The number of hydrogen-bond acceptors (Lipinski definition) is 2. The fourth-order valence-corrected chi connectivity index (χ4v) is 6.17. The molecule has 2 atom stereocenters. The summed E-state index contributed by atoms with van der Waals surface area (Å²) >= 11 is 0. The van der Waals surface area contributed by atoms with Crippen LogP contribution in [0.1, 0.15) is 69.3 Å². The first-order valence-corrected chi connectivity index (χ1v) is 8.60. The molecule has 0 amide bonds. The van der Waals surface area contributed by atoms with E-state index in [2.05, 4.69) is 18.9 Å². The van der Waals surface area contributed by atoms with E-state index in [0.717, 1.165) is 49.8 Å². The van der Waals surface area contributed by atoms with Gasteiger partial charge in [0.2, 0.25) is 0 Å². The lowest BCUT2D eigenvalue weighted by Gasteiger charge is -2.60. The van der Waals surface area contributed by atoms with Gasteiger partial charge in [0.05, 0.1) is 0 Å². The Morgan fingerprint density at radius 1 is 1.33 bits per heavy atom. The molecule has 0 spiro atoms. The van der Waals surface area contributed by atoms with Gasteiger partial charge in [0.15, 0.2) is 5.78 Å². The summed E-state index contributed by atoms with van der Waals surface area (Å²) in [6, 6.07) is 1.94. The second kappa shape index (κ2) is 4.44. The van der Waals surface area contributed by atoms with Crippen molar-refractivity contribution in [1.82, 2.24) is 9.78 Å². The minimum atomic E-state index is -0.0651. The van der Waals surface area contributed by atoms with Crippen LogP contribution in [-0.2, 0) is 6.54 Å². The minimum absolute atomic E-state index is 0.0651. The van der Waals surface area contributed by atoms with Gasteiger partial charge in [0.25, 0.3) is 0 Å². The van der Waals surface area contributed by atoms with Gasteiger partial charge < -0.3 is 0 Å². The number of aromatic nitrogens is 2. The molecule has 5 rings (SSSR count). The number of carbonyl (C=O) groups excluding carboxylic acids is 1.